The van der Waals surface area contributed by atoms with E-state index in [9.17, 15) is 18.0 Å². The third-order valence-corrected chi connectivity index (χ3v) is 2.53. The lowest BCUT2D eigenvalue weighted by atomic mass is 10.2. The predicted molar refractivity (Wildman–Crippen MR) is 66.2 cm³/mol. The Morgan fingerprint density at radius 2 is 1.80 bits per heavy atom. The van der Waals surface area contributed by atoms with E-state index in [1.807, 2.05) is 0 Å². The van der Waals surface area contributed by atoms with E-state index in [-0.39, 0.29) is 16.8 Å². The Kier molecular flexibility index (Phi) is 3.94. The molecule has 2 rings (SSSR count). The fourth-order valence-corrected chi connectivity index (χ4v) is 1.62. The molecule has 0 aliphatic heterocycles. The molecule has 0 unspecified atom stereocenters. The second kappa shape index (κ2) is 5.50. The number of halogens is 4. The van der Waals surface area contributed by atoms with Gasteiger partial charge in [-0.3, -0.25) is 4.79 Å². The molecular weight excluding hydrogens is 295 g/mol. The van der Waals surface area contributed by atoms with E-state index in [2.05, 4.69) is 4.98 Å². The van der Waals surface area contributed by atoms with Gasteiger partial charge in [0.15, 0.2) is 0 Å². The molecule has 0 saturated heterocycles. The van der Waals surface area contributed by atoms with E-state index >= 15 is 0 Å². The molecule has 1 heterocycles. The molecule has 0 bridgehead atoms. The van der Waals surface area contributed by atoms with Crippen molar-refractivity contribution in [3.8, 4) is 11.6 Å². The molecule has 0 aliphatic carbocycles. The van der Waals surface area contributed by atoms with Crippen LogP contribution >= 0.6 is 11.6 Å². The summed E-state index contributed by atoms with van der Waals surface area (Å²) in [6.45, 7) is 0. The quantitative estimate of drug-likeness (QED) is 0.624. The van der Waals surface area contributed by atoms with Crippen LogP contribution in [0.2, 0.25) is 5.15 Å². The standard InChI is InChI=1S/C13H7ClF3NO2/c14-11-5-9(13(15,16)17)6-12(18-11)20-10-3-1-8(7-19)2-4-10/h1-7H. The maximum absolute atomic E-state index is 12.6. The first kappa shape index (κ1) is 14.3. The number of carbonyl (C=O) groups excluding carboxylic acids is 1. The third-order valence-electron chi connectivity index (χ3n) is 2.34. The summed E-state index contributed by atoms with van der Waals surface area (Å²) in [7, 11) is 0. The van der Waals surface area contributed by atoms with Crippen LogP contribution in [0.5, 0.6) is 11.6 Å². The highest BCUT2D eigenvalue weighted by atomic mass is 35.5. The molecule has 0 amide bonds. The van der Waals surface area contributed by atoms with Gasteiger partial charge in [0.05, 0.1) is 5.56 Å². The fraction of sp³-hybridized carbons (Fsp3) is 0.0769. The van der Waals surface area contributed by atoms with Crippen molar-refractivity contribution in [2.24, 2.45) is 0 Å². The second-order valence-electron chi connectivity index (χ2n) is 3.80. The number of aromatic nitrogens is 1. The molecular formula is C13H7ClF3NO2. The van der Waals surface area contributed by atoms with E-state index in [1.165, 1.54) is 24.3 Å². The zero-order valence-electron chi connectivity index (χ0n) is 9.82. The van der Waals surface area contributed by atoms with E-state index in [4.69, 9.17) is 16.3 Å². The number of hydrogen-bond donors (Lipinski definition) is 0. The summed E-state index contributed by atoms with van der Waals surface area (Å²) in [4.78, 5) is 14.1. The van der Waals surface area contributed by atoms with Gasteiger partial charge in [0, 0.05) is 11.6 Å². The summed E-state index contributed by atoms with van der Waals surface area (Å²) in [5.74, 6) is -0.0258. The number of pyridine rings is 1. The molecule has 0 spiro atoms. The van der Waals surface area contributed by atoms with E-state index in [1.54, 1.807) is 0 Å². The molecule has 0 N–H and O–H groups in total. The number of hydrogen-bond acceptors (Lipinski definition) is 3. The van der Waals surface area contributed by atoms with Crippen molar-refractivity contribution in [1.82, 2.24) is 4.98 Å². The fourth-order valence-electron chi connectivity index (χ4n) is 1.42. The number of carbonyl (C=O) groups is 1. The van der Waals surface area contributed by atoms with Crippen molar-refractivity contribution >= 4 is 17.9 Å². The molecule has 2 aromatic rings. The van der Waals surface area contributed by atoms with Gasteiger partial charge < -0.3 is 4.74 Å². The topological polar surface area (TPSA) is 39.2 Å². The Bertz CT molecular complexity index is 627. The largest absolute Gasteiger partial charge is 0.439 e. The highest BCUT2D eigenvalue weighted by molar-refractivity contribution is 6.29. The van der Waals surface area contributed by atoms with Gasteiger partial charge >= 0.3 is 6.18 Å². The van der Waals surface area contributed by atoms with Gasteiger partial charge in [0.2, 0.25) is 5.88 Å². The molecule has 1 aromatic heterocycles. The number of nitrogens with zero attached hydrogens (tertiary/aromatic N) is 1. The Morgan fingerprint density at radius 1 is 1.15 bits per heavy atom. The number of alkyl halides is 3. The summed E-state index contributed by atoms with van der Waals surface area (Å²) in [5.41, 5.74) is -0.524. The molecule has 0 atom stereocenters. The molecule has 3 nitrogen and oxygen atoms in total. The zero-order chi connectivity index (χ0) is 14.8. The minimum Gasteiger partial charge on any atom is -0.439 e. The first-order valence-electron chi connectivity index (χ1n) is 5.36. The third kappa shape index (κ3) is 3.48. The Morgan fingerprint density at radius 3 is 2.35 bits per heavy atom. The zero-order valence-corrected chi connectivity index (χ0v) is 10.6. The predicted octanol–water partition coefficient (Wildman–Crippen LogP) is 4.36. The van der Waals surface area contributed by atoms with Gasteiger partial charge in [-0.15, -0.1) is 0 Å². The van der Waals surface area contributed by atoms with Crippen LogP contribution < -0.4 is 4.74 Å². The van der Waals surface area contributed by atoms with Gasteiger partial charge in [0.25, 0.3) is 0 Å². The Labute approximate surface area is 117 Å². The number of rotatable bonds is 3. The van der Waals surface area contributed by atoms with E-state index < -0.39 is 11.7 Å². The molecule has 1 aromatic carbocycles. The van der Waals surface area contributed by atoms with Crippen LogP contribution in [0.1, 0.15) is 15.9 Å². The maximum Gasteiger partial charge on any atom is 0.416 e. The lowest BCUT2D eigenvalue weighted by Crippen LogP contribution is -2.05. The van der Waals surface area contributed by atoms with Crippen molar-refractivity contribution in [2.45, 2.75) is 6.18 Å². The summed E-state index contributed by atoms with van der Waals surface area (Å²) >= 11 is 5.53. The van der Waals surface area contributed by atoms with Crippen LogP contribution in [-0.4, -0.2) is 11.3 Å². The second-order valence-corrected chi connectivity index (χ2v) is 4.19. The molecule has 0 fully saturated rings. The molecule has 20 heavy (non-hydrogen) atoms. The van der Waals surface area contributed by atoms with Crippen LogP contribution in [-0.2, 0) is 6.18 Å². The van der Waals surface area contributed by atoms with Gasteiger partial charge in [-0.1, -0.05) is 11.6 Å². The van der Waals surface area contributed by atoms with Crippen molar-refractivity contribution in [3.05, 3.63) is 52.7 Å². The van der Waals surface area contributed by atoms with Crippen molar-refractivity contribution < 1.29 is 22.7 Å². The summed E-state index contributed by atoms with van der Waals surface area (Å²) in [6, 6.07) is 7.29. The van der Waals surface area contributed by atoms with Gasteiger partial charge in [-0.05, 0) is 30.3 Å². The minimum absolute atomic E-state index is 0.249. The van der Waals surface area contributed by atoms with Gasteiger partial charge in [-0.2, -0.15) is 13.2 Å². The van der Waals surface area contributed by atoms with E-state index in [0.717, 1.165) is 6.07 Å². The molecule has 7 heteroatoms. The summed E-state index contributed by atoms with van der Waals surface area (Å²) in [6.07, 6.45) is -3.89. The normalized spacial score (nSPS) is 11.2. The van der Waals surface area contributed by atoms with Crippen molar-refractivity contribution in [2.75, 3.05) is 0 Å². The molecule has 0 radical (unpaired) electrons. The van der Waals surface area contributed by atoms with Crippen LogP contribution in [0, 0.1) is 0 Å². The Balaban J connectivity index is 2.28. The average molecular weight is 302 g/mol. The first-order valence-corrected chi connectivity index (χ1v) is 5.74. The van der Waals surface area contributed by atoms with Crippen LogP contribution in [0.4, 0.5) is 13.2 Å². The smallest absolute Gasteiger partial charge is 0.416 e. The van der Waals surface area contributed by atoms with Crippen LogP contribution in [0.3, 0.4) is 0 Å². The monoisotopic (exact) mass is 301 g/mol. The van der Waals surface area contributed by atoms with Crippen molar-refractivity contribution in [1.29, 1.82) is 0 Å². The van der Waals surface area contributed by atoms with Gasteiger partial charge in [-0.25, -0.2) is 4.98 Å². The van der Waals surface area contributed by atoms with Crippen molar-refractivity contribution in [3.63, 3.8) is 0 Å². The average Bonchev–Trinajstić information content (AvgIpc) is 2.38. The number of ether oxygens (including phenoxy) is 1. The molecule has 104 valence electrons. The van der Waals surface area contributed by atoms with Gasteiger partial charge in [0.1, 0.15) is 17.2 Å². The maximum atomic E-state index is 12.6. The highest BCUT2D eigenvalue weighted by Gasteiger charge is 2.31. The van der Waals surface area contributed by atoms with Crippen LogP contribution in [0.25, 0.3) is 0 Å². The SMILES string of the molecule is O=Cc1ccc(Oc2cc(C(F)(F)F)cc(Cl)n2)cc1. The molecule has 0 saturated carbocycles. The number of benzene rings is 1. The number of aldehydes is 1. The first-order chi connectivity index (χ1) is 9.38. The van der Waals surface area contributed by atoms with E-state index in [0.29, 0.717) is 17.9 Å². The molecule has 0 aliphatic rings. The Hall–Kier alpha value is -2.08. The summed E-state index contributed by atoms with van der Waals surface area (Å²) in [5, 5.41) is -0.320. The summed E-state index contributed by atoms with van der Waals surface area (Å²) < 4.78 is 43.0. The minimum atomic E-state index is -4.54. The lowest BCUT2D eigenvalue weighted by molar-refractivity contribution is -0.137. The highest BCUT2D eigenvalue weighted by Crippen LogP contribution is 2.33. The lowest BCUT2D eigenvalue weighted by Gasteiger charge is -2.10. The van der Waals surface area contributed by atoms with Crippen LogP contribution in [0.15, 0.2) is 36.4 Å².